The van der Waals surface area contributed by atoms with Crippen molar-refractivity contribution in [3.8, 4) is 0 Å². The van der Waals surface area contributed by atoms with Gasteiger partial charge in [-0.05, 0) is 26.2 Å². The van der Waals surface area contributed by atoms with Crippen LogP contribution in [0.2, 0.25) is 0 Å². The maximum atomic E-state index is 11.5. The first kappa shape index (κ1) is 12.5. The summed E-state index contributed by atoms with van der Waals surface area (Å²) in [5, 5.41) is 3.23. The van der Waals surface area contributed by atoms with Crippen molar-refractivity contribution in [3.63, 3.8) is 0 Å². The van der Waals surface area contributed by atoms with Crippen LogP contribution in [0.15, 0.2) is 0 Å². The molecule has 1 aliphatic heterocycles. The molecule has 3 nitrogen and oxygen atoms in total. The minimum atomic E-state index is -0.0594. The first-order valence-corrected chi connectivity index (χ1v) is 6.16. The number of rotatable bonds is 6. The van der Waals surface area contributed by atoms with E-state index in [9.17, 15) is 4.79 Å². The number of hydrogen-bond donors (Lipinski definition) is 1. The minimum absolute atomic E-state index is 0.0498. The number of carbonyl (C=O) groups excluding carboxylic acids is 1. The van der Waals surface area contributed by atoms with Crippen LogP contribution in [-0.4, -0.2) is 24.7 Å². The van der Waals surface area contributed by atoms with Crippen LogP contribution in [0.25, 0.3) is 0 Å². The van der Waals surface area contributed by atoms with Gasteiger partial charge in [0, 0.05) is 6.04 Å². The second-order valence-corrected chi connectivity index (χ2v) is 4.43. The third kappa shape index (κ3) is 4.65. The Bertz CT molecular complexity index is 194. The van der Waals surface area contributed by atoms with Gasteiger partial charge in [-0.3, -0.25) is 4.79 Å². The summed E-state index contributed by atoms with van der Waals surface area (Å²) in [6, 6.07) is 0.411. The molecule has 0 radical (unpaired) electrons. The molecule has 0 bridgehead atoms. The summed E-state index contributed by atoms with van der Waals surface area (Å²) >= 11 is 0. The highest BCUT2D eigenvalue weighted by Crippen LogP contribution is 2.13. The van der Waals surface area contributed by atoms with Crippen LogP contribution in [-0.2, 0) is 9.53 Å². The zero-order valence-electron chi connectivity index (χ0n) is 9.92. The summed E-state index contributed by atoms with van der Waals surface area (Å²) in [7, 11) is 0. The lowest BCUT2D eigenvalue weighted by molar-refractivity contribution is -0.145. The topological polar surface area (TPSA) is 38.3 Å². The lowest BCUT2D eigenvalue weighted by atomic mass is 10.2. The van der Waals surface area contributed by atoms with Gasteiger partial charge < -0.3 is 10.1 Å². The Hall–Kier alpha value is -0.570. The van der Waals surface area contributed by atoms with E-state index in [-0.39, 0.29) is 12.0 Å². The third-order valence-corrected chi connectivity index (χ3v) is 2.90. The lowest BCUT2D eigenvalue weighted by Crippen LogP contribution is -2.35. The Labute approximate surface area is 92.6 Å². The standard InChI is InChI=1S/C12H23NO2/c1-3-4-5-6-9-15-12(14)11-8-7-10(2)13-11/h10-11,13H,3-9H2,1-2H3/t10-,11-/m0/s1. The van der Waals surface area contributed by atoms with Crippen molar-refractivity contribution in [1.29, 1.82) is 0 Å². The second-order valence-electron chi connectivity index (χ2n) is 4.43. The zero-order valence-corrected chi connectivity index (χ0v) is 9.92. The molecule has 1 saturated heterocycles. The van der Waals surface area contributed by atoms with Crippen LogP contribution in [0, 0.1) is 0 Å². The molecule has 0 aromatic carbocycles. The normalized spacial score (nSPS) is 25.5. The molecule has 1 fully saturated rings. The smallest absolute Gasteiger partial charge is 0.323 e. The fourth-order valence-electron chi connectivity index (χ4n) is 1.91. The largest absolute Gasteiger partial charge is 0.465 e. The Morgan fingerprint density at radius 1 is 1.33 bits per heavy atom. The summed E-state index contributed by atoms with van der Waals surface area (Å²) < 4.78 is 5.22. The molecule has 1 N–H and O–H groups in total. The quantitative estimate of drug-likeness (QED) is 0.543. The predicted octanol–water partition coefficient (Wildman–Crippen LogP) is 2.25. The molecule has 2 atom stereocenters. The Balaban J connectivity index is 2.03. The third-order valence-electron chi connectivity index (χ3n) is 2.90. The van der Waals surface area contributed by atoms with Gasteiger partial charge in [0.1, 0.15) is 6.04 Å². The van der Waals surface area contributed by atoms with Gasteiger partial charge in [-0.1, -0.05) is 26.2 Å². The maximum Gasteiger partial charge on any atom is 0.323 e. The first-order valence-electron chi connectivity index (χ1n) is 6.16. The van der Waals surface area contributed by atoms with Crippen LogP contribution in [0.5, 0.6) is 0 Å². The molecule has 1 heterocycles. The van der Waals surface area contributed by atoms with E-state index in [1.807, 2.05) is 0 Å². The summed E-state index contributed by atoms with van der Waals surface area (Å²) in [5.74, 6) is -0.0594. The highest BCUT2D eigenvalue weighted by molar-refractivity contribution is 5.76. The highest BCUT2D eigenvalue weighted by atomic mass is 16.5. The van der Waals surface area contributed by atoms with Crippen molar-refractivity contribution in [3.05, 3.63) is 0 Å². The van der Waals surface area contributed by atoms with Gasteiger partial charge in [0.15, 0.2) is 0 Å². The monoisotopic (exact) mass is 213 g/mol. The van der Waals surface area contributed by atoms with Crippen molar-refractivity contribution in [2.24, 2.45) is 0 Å². The molecule has 0 aromatic rings. The number of nitrogens with one attached hydrogen (secondary N) is 1. The SMILES string of the molecule is CCCCCCOC(=O)[C@@H]1CC[C@H](C)N1. The van der Waals surface area contributed by atoms with E-state index in [0.717, 1.165) is 25.7 Å². The van der Waals surface area contributed by atoms with Crippen LogP contribution in [0.3, 0.4) is 0 Å². The Kier molecular flexibility index (Phi) is 5.69. The van der Waals surface area contributed by atoms with Crippen LogP contribution in [0.1, 0.15) is 52.4 Å². The van der Waals surface area contributed by atoms with E-state index in [1.165, 1.54) is 12.8 Å². The molecule has 0 unspecified atom stereocenters. The fourth-order valence-corrected chi connectivity index (χ4v) is 1.91. The molecule has 0 aromatic heterocycles. The number of esters is 1. The molecule has 0 aliphatic carbocycles. The summed E-state index contributed by atoms with van der Waals surface area (Å²) in [4.78, 5) is 11.5. The number of unbranched alkanes of at least 4 members (excludes halogenated alkanes) is 3. The average Bonchev–Trinajstić information content (AvgIpc) is 2.64. The van der Waals surface area contributed by atoms with Crippen LogP contribution < -0.4 is 5.32 Å². The van der Waals surface area contributed by atoms with Crippen LogP contribution >= 0.6 is 0 Å². The van der Waals surface area contributed by atoms with E-state index in [4.69, 9.17) is 4.74 Å². The van der Waals surface area contributed by atoms with Crippen molar-refractivity contribution in [1.82, 2.24) is 5.32 Å². The minimum Gasteiger partial charge on any atom is -0.465 e. The summed E-state index contributed by atoms with van der Waals surface area (Å²) in [6.45, 7) is 4.87. The fraction of sp³-hybridized carbons (Fsp3) is 0.917. The summed E-state index contributed by atoms with van der Waals surface area (Å²) in [5.41, 5.74) is 0. The second kappa shape index (κ2) is 6.83. The van der Waals surface area contributed by atoms with Crippen molar-refractivity contribution < 1.29 is 9.53 Å². The lowest BCUT2D eigenvalue weighted by Gasteiger charge is -2.11. The zero-order chi connectivity index (χ0) is 11.1. The molecule has 3 heteroatoms. The van der Waals surface area contributed by atoms with E-state index in [1.54, 1.807) is 0 Å². The molecule has 0 spiro atoms. The van der Waals surface area contributed by atoms with Gasteiger partial charge in [-0.15, -0.1) is 0 Å². The average molecular weight is 213 g/mol. The van der Waals surface area contributed by atoms with E-state index < -0.39 is 0 Å². The van der Waals surface area contributed by atoms with Gasteiger partial charge in [-0.25, -0.2) is 0 Å². The van der Waals surface area contributed by atoms with E-state index >= 15 is 0 Å². The van der Waals surface area contributed by atoms with Crippen LogP contribution in [0.4, 0.5) is 0 Å². The molecule has 0 amide bonds. The van der Waals surface area contributed by atoms with Crippen molar-refractivity contribution in [2.45, 2.75) is 64.5 Å². The number of hydrogen-bond acceptors (Lipinski definition) is 3. The molecule has 0 saturated carbocycles. The van der Waals surface area contributed by atoms with Gasteiger partial charge in [-0.2, -0.15) is 0 Å². The highest BCUT2D eigenvalue weighted by Gasteiger charge is 2.27. The molecule has 1 aliphatic rings. The Morgan fingerprint density at radius 3 is 2.73 bits per heavy atom. The predicted molar refractivity (Wildman–Crippen MR) is 60.7 cm³/mol. The van der Waals surface area contributed by atoms with Gasteiger partial charge in [0.05, 0.1) is 6.61 Å². The molecular weight excluding hydrogens is 190 g/mol. The summed E-state index contributed by atoms with van der Waals surface area (Å²) in [6.07, 6.45) is 6.62. The van der Waals surface area contributed by atoms with Gasteiger partial charge in [0.25, 0.3) is 0 Å². The molecule has 15 heavy (non-hydrogen) atoms. The van der Waals surface area contributed by atoms with Crippen molar-refractivity contribution >= 4 is 5.97 Å². The number of ether oxygens (including phenoxy) is 1. The Morgan fingerprint density at radius 2 is 2.13 bits per heavy atom. The molecular formula is C12H23NO2. The van der Waals surface area contributed by atoms with Crippen molar-refractivity contribution in [2.75, 3.05) is 6.61 Å². The maximum absolute atomic E-state index is 11.5. The first-order chi connectivity index (χ1) is 7.24. The molecule has 88 valence electrons. The molecule has 1 rings (SSSR count). The van der Waals surface area contributed by atoms with E-state index in [0.29, 0.717) is 12.6 Å². The van der Waals surface area contributed by atoms with E-state index in [2.05, 4.69) is 19.2 Å². The number of carbonyl (C=O) groups is 1. The van der Waals surface area contributed by atoms with Gasteiger partial charge in [0.2, 0.25) is 0 Å². The van der Waals surface area contributed by atoms with Gasteiger partial charge >= 0.3 is 5.97 Å².